The Morgan fingerprint density at radius 3 is 2.85 bits per heavy atom. The molecule has 0 fully saturated rings. The number of rotatable bonds is 5. The van der Waals surface area contributed by atoms with Crippen LogP contribution >= 0.6 is 0 Å². The van der Waals surface area contributed by atoms with Crippen molar-refractivity contribution in [2.24, 2.45) is 5.10 Å². The summed E-state index contributed by atoms with van der Waals surface area (Å²) in [6.45, 7) is 2.19. The van der Waals surface area contributed by atoms with Crippen molar-refractivity contribution in [1.82, 2.24) is 9.55 Å². The van der Waals surface area contributed by atoms with Crippen LogP contribution in [-0.2, 0) is 6.54 Å². The van der Waals surface area contributed by atoms with Gasteiger partial charge in [-0.05, 0) is 25.1 Å². The van der Waals surface area contributed by atoms with E-state index >= 15 is 0 Å². The first kappa shape index (κ1) is 17.1. The van der Waals surface area contributed by atoms with E-state index in [0.717, 1.165) is 0 Å². The van der Waals surface area contributed by atoms with Gasteiger partial charge < -0.3 is 5.11 Å². The number of aromatic hydroxyl groups is 1. The number of hydrazone groups is 1. The van der Waals surface area contributed by atoms with Crippen molar-refractivity contribution >= 4 is 28.8 Å². The lowest BCUT2D eigenvalue weighted by molar-refractivity contribution is -0.384. The second kappa shape index (κ2) is 7.01. The number of non-ortho nitro benzene ring substituents is 1. The van der Waals surface area contributed by atoms with Gasteiger partial charge in [0.1, 0.15) is 5.75 Å². The van der Waals surface area contributed by atoms with Crippen molar-refractivity contribution in [2.45, 2.75) is 13.5 Å². The Kier molecular flexibility index (Phi) is 4.61. The maximum atomic E-state index is 12.5. The first-order valence-corrected chi connectivity index (χ1v) is 7.77. The Hall–Kier alpha value is -3.75. The van der Waals surface area contributed by atoms with Crippen LogP contribution in [0.25, 0.3) is 10.9 Å². The number of nitro groups is 1. The molecule has 1 aromatic heterocycles. The van der Waals surface area contributed by atoms with Gasteiger partial charge in [-0.3, -0.25) is 19.5 Å². The SMILES string of the molecule is CCn1c(N/N=C\c2cc([N+](=O)[O-])ccc2O)nc2ccccc2c1=O. The van der Waals surface area contributed by atoms with Crippen molar-refractivity contribution in [1.29, 1.82) is 0 Å². The first-order chi connectivity index (χ1) is 12.5. The number of hydrogen-bond acceptors (Lipinski definition) is 7. The summed E-state index contributed by atoms with van der Waals surface area (Å²) in [6, 6.07) is 10.6. The minimum absolute atomic E-state index is 0.152. The molecule has 26 heavy (non-hydrogen) atoms. The van der Waals surface area contributed by atoms with Gasteiger partial charge in [-0.25, -0.2) is 10.4 Å². The molecule has 1 heterocycles. The molecule has 2 N–H and O–H groups in total. The maximum absolute atomic E-state index is 12.5. The normalized spacial score (nSPS) is 11.1. The lowest BCUT2D eigenvalue weighted by atomic mass is 10.2. The molecule has 3 rings (SSSR count). The number of fused-ring (bicyclic) bond motifs is 1. The molecule has 132 valence electrons. The zero-order valence-corrected chi connectivity index (χ0v) is 13.8. The fourth-order valence-electron chi connectivity index (χ4n) is 2.47. The highest BCUT2D eigenvalue weighted by Crippen LogP contribution is 2.21. The largest absolute Gasteiger partial charge is 0.507 e. The van der Waals surface area contributed by atoms with Crippen molar-refractivity contribution < 1.29 is 10.0 Å². The van der Waals surface area contributed by atoms with Crippen LogP contribution in [0.2, 0.25) is 0 Å². The predicted octanol–water partition coefficient (Wildman–Crippen LogP) is 2.48. The smallest absolute Gasteiger partial charge is 0.270 e. The molecule has 0 saturated carbocycles. The Bertz CT molecular complexity index is 1070. The summed E-state index contributed by atoms with van der Waals surface area (Å²) in [7, 11) is 0. The highest BCUT2D eigenvalue weighted by molar-refractivity contribution is 5.85. The van der Waals surface area contributed by atoms with E-state index in [1.165, 1.54) is 29.0 Å². The second-order valence-corrected chi connectivity index (χ2v) is 5.37. The standard InChI is InChI=1S/C17H15N5O4/c1-2-21-16(24)13-5-3-4-6-14(13)19-17(21)20-18-10-11-9-12(22(25)26)7-8-15(11)23/h3-10,23H,2H2,1H3,(H,19,20)/b18-10-. The minimum Gasteiger partial charge on any atom is -0.507 e. The Morgan fingerprint density at radius 1 is 1.35 bits per heavy atom. The van der Waals surface area contributed by atoms with E-state index in [1.54, 1.807) is 31.2 Å². The second-order valence-electron chi connectivity index (χ2n) is 5.37. The summed E-state index contributed by atoms with van der Waals surface area (Å²) < 4.78 is 1.42. The van der Waals surface area contributed by atoms with Crippen molar-refractivity contribution in [2.75, 3.05) is 5.43 Å². The molecule has 0 spiro atoms. The lowest BCUT2D eigenvalue weighted by Gasteiger charge is -2.10. The number of phenols is 1. The monoisotopic (exact) mass is 353 g/mol. The molecule has 0 aliphatic heterocycles. The van der Waals surface area contributed by atoms with E-state index in [0.29, 0.717) is 17.4 Å². The Balaban J connectivity index is 1.95. The van der Waals surface area contributed by atoms with E-state index in [2.05, 4.69) is 15.5 Å². The molecule has 0 radical (unpaired) electrons. The number of phenolic OH excluding ortho intramolecular Hbond substituents is 1. The summed E-state index contributed by atoms with van der Waals surface area (Å²) in [5.74, 6) is 0.0814. The average Bonchev–Trinajstić information content (AvgIpc) is 2.63. The first-order valence-electron chi connectivity index (χ1n) is 7.77. The molecule has 0 atom stereocenters. The minimum atomic E-state index is -0.566. The molecular formula is C17H15N5O4. The number of nitro benzene ring substituents is 1. The van der Waals surface area contributed by atoms with Crippen LogP contribution in [-0.4, -0.2) is 25.8 Å². The topological polar surface area (TPSA) is 123 Å². The van der Waals surface area contributed by atoms with Crippen molar-refractivity contribution in [3.05, 3.63) is 68.5 Å². The third-order valence-electron chi connectivity index (χ3n) is 3.77. The Morgan fingerprint density at radius 2 is 2.12 bits per heavy atom. The van der Waals surface area contributed by atoms with Gasteiger partial charge in [-0.2, -0.15) is 5.10 Å². The summed E-state index contributed by atoms with van der Waals surface area (Å²) >= 11 is 0. The van der Waals surface area contributed by atoms with Crippen LogP contribution in [0.4, 0.5) is 11.6 Å². The van der Waals surface area contributed by atoms with E-state index < -0.39 is 4.92 Å². The van der Waals surface area contributed by atoms with E-state index in [1.807, 2.05) is 0 Å². The van der Waals surface area contributed by atoms with Crippen LogP contribution < -0.4 is 11.0 Å². The molecule has 2 aromatic carbocycles. The number of para-hydroxylation sites is 1. The van der Waals surface area contributed by atoms with Gasteiger partial charge in [-0.15, -0.1) is 0 Å². The molecular weight excluding hydrogens is 338 g/mol. The quantitative estimate of drug-likeness (QED) is 0.413. The third kappa shape index (κ3) is 3.22. The van der Waals surface area contributed by atoms with Gasteiger partial charge in [0.2, 0.25) is 5.95 Å². The molecule has 0 aliphatic rings. The number of nitrogens with zero attached hydrogens (tertiary/aromatic N) is 4. The van der Waals surface area contributed by atoms with Crippen LogP contribution in [0, 0.1) is 10.1 Å². The van der Waals surface area contributed by atoms with Crippen molar-refractivity contribution in [3.63, 3.8) is 0 Å². The molecule has 9 heteroatoms. The molecule has 0 unspecified atom stereocenters. The van der Waals surface area contributed by atoms with Crippen LogP contribution in [0.1, 0.15) is 12.5 Å². The number of benzene rings is 2. The maximum Gasteiger partial charge on any atom is 0.270 e. The highest BCUT2D eigenvalue weighted by atomic mass is 16.6. The van der Waals surface area contributed by atoms with Crippen LogP contribution in [0.5, 0.6) is 5.75 Å². The van der Waals surface area contributed by atoms with Gasteiger partial charge in [0.25, 0.3) is 11.2 Å². The third-order valence-corrected chi connectivity index (χ3v) is 3.77. The van der Waals surface area contributed by atoms with E-state index in [-0.39, 0.29) is 28.5 Å². The molecule has 0 saturated heterocycles. The fourth-order valence-corrected chi connectivity index (χ4v) is 2.47. The lowest BCUT2D eigenvalue weighted by Crippen LogP contribution is -2.23. The van der Waals surface area contributed by atoms with E-state index in [4.69, 9.17) is 0 Å². The zero-order chi connectivity index (χ0) is 18.7. The van der Waals surface area contributed by atoms with Crippen LogP contribution in [0.3, 0.4) is 0 Å². The summed E-state index contributed by atoms with van der Waals surface area (Å²) in [5.41, 5.74) is 2.98. The fraction of sp³-hybridized carbons (Fsp3) is 0.118. The molecule has 0 bridgehead atoms. The summed E-state index contributed by atoms with van der Waals surface area (Å²) in [6.07, 6.45) is 1.23. The Labute approximate surface area is 147 Å². The summed E-state index contributed by atoms with van der Waals surface area (Å²) in [4.78, 5) is 27.1. The van der Waals surface area contributed by atoms with Gasteiger partial charge >= 0.3 is 0 Å². The van der Waals surface area contributed by atoms with Gasteiger partial charge in [0.15, 0.2) is 0 Å². The predicted molar refractivity (Wildman–Crippen MR) is 97.7 cm³/mol. The van der Waals surface area contributed by atoms with Gasteiger partial charge in [0.05, 0.1) is 22.0 Å². The van der Waals surface area contributed by atoms with Gasteiger partial charge in [-0.1, -0.05) is 12.1 Å². The number of aromatic nitrogens is 2. The summed E-state index contributed by atoms with van der Waals surface area (Å²) in [5, 5.41) is 25.1. The highest BCUT2D eigenvalue weighted by Gasteiger charge is 2.10. The average molecular weight is 353 g/mol. The molecule has 9 nitrogen and oxygen atoms in total. The van der Waals surface area contributed by atoms with Crippen molar-refractivity contribution in [3.8, 4) is 5.75 Å². The zero-order valence-electron chi connectivity index (χ0n) is 13.8. The van der Waals surface area contributed by atoms with Crippen LogP contribution in [0.15, 0.2) is 52.4 Å². The number of hydrogen-bond donors (Lipinski definition) is 2. The molecule has 0 aliphatic carbocycles. The van der Waals surface area contributed by atoms with Gasteiger partial charge in [0, 0.05) is 24.2 Å². The number of nitrogens with one attached hydrogen (secondary N) is 1. The number of anilines is 1. The molecule has 0 amide bonds. The van der Waals surface area contributed by atoms with E-state index in [9.17, 15) is 20.0 Å². The molecule has 3 aromatic rings.